The highest BCUT2D eigenvalue weighted by atomic mass is 16.6. The van der Waals surface area contributed by atoms with Gasteiger partial charge in [0, 0.05) is 19.8 Å². The Morgan fingerprint density at radius 1 is 1.25 bits per heavy atom. The van der Waals surface area contributed by atoms with E-state index in [0.717, 1.165) is 5.56 Å². The predicted octanol–water partition coefficient (Wildman–Crippen LogP) is 0.172. The molecule has 1 aromatic carbocycles. The molecule has 1 aliphatic heterocycles. The molecule has 0 unspecified atom stereocenters. The molecule has 2 rings (SSSR count). The normalized spacial score (nSPS) is 14.4. The van der Waals surface area contributed by atoms with Crippen LogP contribution in [0.5, 0.6) is 0 Å². The van der Waals surface area contributed by atoms with Gasteiger partial charge in [-0.1, -0.05) is 19.9 Å². The number of esters is 1. The molecule has 1 heterocycles. The lowest BCUT2D eigenvalue weighted by molar-refractivity contribution is -0.158. The fourth-order valence-corrected chi connectivity index (χ4v) is 3.19. The topological polar surface area (TPSA) is 103 Å². The molecule has 0 bridgehead atoms. The molecule has 9 heteroatoms. The number of ether oxygens (including phenoxy) is 3. The number of hydrogen-bond donors (Lipinski definition) is 2. The van der Waals surface area contributed by atoms with Gasteiger partial charge < -0.3 is 29.2 Å². The number of nitrogens with one attached hydrogen (secondary N) is 1. The van der Waals surface area contributed by atoms with Crippen LogP contribution >= 0.6 is 0 Å². The third kappa shape index (κ3) is 5.11. The summed E-state index contributed by atoms with van der Waals surface area (Å²) in [6.07, 6.45) is -0.560. The van der Waals surface area contributed by atoms with Gasteiger partial charge >= 0.3 is 13.1 Å². The minimum Gasteiger partial charge on any atom is -0.456 e. The van der Waals surface area contributed by atoms with E-state index >= 15 is 0 Å². The molecule has 8 nitrogen and oxygen atoms in total. The van der Waals surface area contributed by atoms with Crippen molar-refractivity contribution in [1.29, 1.82) is 0 Å². The number of rotatable bonds is 9. The molecule has 1 aliphatic rings. The van der Waals surface area contributed by atoms with Crippen molar-refractivity contribution in [2.24, 2.45) is 5.92 Å². The van der Waals surface area contributed by atoms with Crippen molar-refractivity contribution in [2.45, 2.75) is 39.5 Å². The molecule has 2 N–H and O–H groups in total. The van der Waals surface area contributed by atoms with E-state index in [-0.39, 0.29) is 19.1 Å². The summed E-state index contributed by atoms with van der Waals surface area (Å²) < 4.78 is 20.7. The van der Waals surface area contributed by atoms with Crippen LogP contribution in [0.25, 0.3) is 0 Å². The molecule has 0 saturated heterocycles. The maximum absolute atomic E-state index is 12.8. The van der Waals surface area contributed by atoms with E-state index in [1.807, 2.05) is 13.8 Å². The van der Waals surface area contributed by atoms with Gasteiger partial charge in [-0.25, -0.2) is 4.79 Å². The first-order valence-corrected chi connectivity index (χ1v) is 9.21. The highest BCUT2D eigenvalue weighted by molar-refractivity contribution is 6.62. The van der Waals surface area contributed by atoms with Crippen molar-refractivity contribution in [3.8, 4) is 0 Å². The first kappa shape index (κ1) is 22.4. The monoisotopic (exact) mass is 393 g/mol. The molecule has 0 saturated carbocycles. The summed E-state index contributed by atoms with van der Waals surface area (Å²) >= 11 is 0. The summed E-state index contributed by atoms with van der Waals surface area (Å²) in [5, 5.41) is 12.7. The van der Waals surface area contributed by atoms with Gasteiger partial charge in [0.05, 0.1) is 19.8 Å². The van der Waals surface area contributed by atoms with E-state index in [1.165, 1.54) is 14.2 Å². The van der Waals surface area contributed by atoms with Gasteiger partial charge in [0.1, 0.15) is 12.1 Å². The Balaban J connectivity index is 2.15. The molecule has 0 spiro atoms. The second-order valence-corrected chi connectivity index (χ2v) is 7.14. The number of carbonyl (C=O) groups excluding carboxylic acids is 2. The highest BCUT2D eigenvalue weighted by Crippen LogP contribution is 2.17. The van der Waals surface area contributed by atoms with Crippen molar-refractivity contribution < 1.29 is 33.5 Å². The van der Waals surface area contributed by atoms with Crippen LogP contribution < -0.4 is 10.8 Å². The molecule has 0 radical (unpaired) electrons. The van der Waals surface area contributed by atoms with Crippen LogP contribution in [0.4, 0.5) is 0 Å². The van der Waals surface area contributed by atoms with Crippen LogP contribution in [0.1, 0.15) is 35.3 Å². The zero-order chi connectivity index (χ0) is 20.8. The van der Waals surface area contributed by atoms with E-state index in [2.05, 4.69) is 5.32 Å². The van der Waals surface area contributed by atoms with Crippen LogP contribution in [-0.2, 0) is 30.3 Å². The minimum absolute atomic E-state index is 0.189. The molecule has 1 amide bonds. The second-order valence-electron chi connectivity index (χ2n) is 7.14. The Hall–Kier alpha value is -1.94. The lowest BCUT2D eigenvalue weighted by atomic mass is 9.75. The number of carbonyl (C=O) groups is 2. The first-order valence-electron chi connectivity index (χ1n) is 9.21. The summed E-state index contributed by atoms with van der Waals surface area (Å²) in [7, 11) is 1.97. The molecule has 0 fully saturated rings. The molecule has 0 aliphatic carbocycles. The third-order valence-electron chi connectivity index (χ3n) is 4.69. The summed E-state index contributed by atoms with van der Waals surface area (Å²) in [5.74, 6) is -1.15. The maximum Gasteiger partial charge on any atom is 0.492 e. The first-order chi connectivity index (χ1) is 13.3. The molecular formula is C19H28BNO7. The van der Waals surface area contributed by atoms with Gasteiger partial charge in [-0.2, -0.15) is 0 Å². The van der Waals surface area contributed by atoms with Gasteiger partial charge in [0.2, 0.25) is 0 Å². The number of benzene rings is 1. The number of hydrogen-bond acceptors (Lipinski definition) is 7. The van der Waals surface area contributed by atoms with Crippen LogP contribution in [0.2, 0.25) is 0 Å². The van der Waals surface area contributed by atoms with Gasteiger partial charge in [0.15, 0.2) is 0 Å². The summed E-state index contributed by atoms with van der Waals surface area (Å²) in [6.45, 7) is 6.09. The second kappa shape index (κ2) is 10.0. The van der Waals surface area contributed by atoms with Gasteiger partial charge in [-0.05, 0) is 35.5 Å². The number of amides is 1. The van der Waals surface area contributed by atoms with Crippen molar-refractivity contribution in [2.75, 3.05) is 27.4 Å². The summed E-state index contributed by atoms with van der Waals surface area (Å²) in [4.78, 5) is 25.5. The van der Waals surface area contributed by atoms with Crippen LogP contribution in [0.15, 0.2) is 12.1 Å². The third-order valence-corrected chi connectivity index (χ3v) is 4.69. The van der Waals surface area contributed by atoms with E-state index < -0.39 is 31.1 Å². The lowest BCUT2D eigenvalue weighted by Gasteiger charge is -2.24. The fraction of sp³-hybridized carbons (Fsp3) is 0.579. The number of fused-ring (bicyclic) bond motifs is 1. The SMILES string of the molecule is COCC(COC)OC(=O)[C@@H](NC(=O)c1ccc2c(c1C)B(O)OC2)C(C)C. The zero-order valence-corrected chi connectivity index (χ0v) is 17.0. The van der Waals surface area contributed by atoms with Gasteiger partial charge in [-0.3, -0.25) is 4.79 Å². The van der Waals surface area contributed by atoms with E-state index in [0.29, 0.717) is 23.2 Å². The Kier molecular flexibility index (Phi) is 8.00. The van der Waals surface area contributed by atoms with Crippen LogP contribution in [-0.4, -0.2) is 63.6 Å². The summed E-state index contributed by atoms with van der Waals surface area (Å²) in [5.41, 5.74) is 2.47. The van der Waals surface area contributed by atoms with Crippen molar-refractivity contribution >= 4 is 24.5 Å². The fourth-order valence-electron chi connectivity index (χ4n) is 3.19. The minimum atomic E-state index is -1.04. The Morgan fingerprint density at radius 2 is 1.89 bits per heavy atom. The average molecular weight is 393 g/mol. The smallest absolute Gasteiger partial charge is 0.456 e. The highest BCUT2D eigenvalue weighted by Gasteiger charge is 2.33. The van der Waals surface area contributed by atoms with Gasteiger partial charge in [0.25, 0.3) is 5.91 Å². The Morgan fingerprint density at radius 3 is 2.46 bits per heavy atom. The van der Waals surface area contributed by atoms with E-state index in [4.69, 9.17) is 18.9 Å². The number of methoxy groups -OCH3 is 2. The van der Waals surface area contributed by atoms with Crippen LogP contribution in [0.3, 0.4) is 0 Å². The molecular weight excluding hydrogens is 365 g/mol. The largest absolute Gasteiger partial charge is 0.492 e. The zero-order valence-electron chi connectivity index (χ0n) is 17.0. The molecule has 28 heavy (non-hydrogen) atoms. The molecule has 0 aromatic heterocycles. The van der Waals surface area contributed by atoms with Crippen molar-refractivity contribution in [1.82, 2.24) is 5.32 Å². The molecule has 154 valence electrons. The van der Waals surface area contributed by atoms with E-state index in [1.54, 1.807) is 19.1 Å². The molecule has 1 aromatic rings. The lowest BCUT2D eigenvalue weighted by Crippen LogP contribution is -2.47. The van der Waals surface area contributed by atoms with Crippen LogP contribution in [0, 0.1) is 12.8 Å². The van der Waals surface area contributed by atoms with Gasteiger partial charge in [-0.15, -0.1) is 0 Å². The average Bonchev–Trinajstić information content (AvgIpc) is 3.01. The van der Waals surface area contributed by atoms with E-state index in [9.17, 15) is 14.6 Å². The molecule has 1 atom stereocenters. The quantitative estimate of drug-likeness (QED) is 0.456. The summed E-state index contributed by atoms with van der Waals surface area (Å²) in [6, 6.07) is 2.59. The standard InChI is InChI=1S/C19H28BNO7/c1-11(2)17(19(23)28-14(9-25-4)10-26-5)21-18(22)15-7-6-13-8-27-20(24)16(13)12(15)3/h6-7,11,14,17,24H,8-10H2,1-5H3,(H,21,22)/t17-/m0/s1. The predicted molar refractivity (Wildman–Crippen MR) is 103 cm³/mol. The Bertz CT molecular complexity index is 704. The maximum atomic E-state index is 12.8. The van der Waals surface area contributed by atoms with Crippen molar-refractivity contribution in [3.05, 3.63) is 28.8 Å². The van der Waals surface area contributed by atoms with Crippen molar-refractivity contribution in [3.63, 3.8) is 0 Å². The Labute approximate surface area is 165 Å².